The Bertz CT molecular complexity index is 732. The molecule has 1 heterocycles. The highest BCUT2D eigenvalue weighted by Crippen LogP contribution is 2.30. The fourth-order valence-corrected chi connectivity index (χ4v) is 3.31. The van der Waals surface area contributed by atoms with Gasteiger partial charge in [0.05, 0.1) is 19.6 Å². The lowest BCUT2D eigenvalue weighted by Gasteiger charge is -2.36. The second kappa shape index (κ2) is 7.66. The van der Waals surface area contributed by atoms with Crippen LogP contribution < -0.4 is 4.74 Å². The molecule has 0 saturated carbocycles. The minimum absolute atomic E-state index is 0.0107. The zero-order chi connectivity index (χ0) is 17.8. The Morgan fingerprint density at radius 3 is 2.60 bits per heavy atom. The molecule has 1 fully saturated rings. The van der Waals surface area contributed by atoms with Crippen molar-refractivity contribution < 1.29 is 19.0 Å². The van der Waals surface area contributed by atoms with Gasteiger partial charge in [0.25, 0.3) is 0 Å². The molecule has 1 N–H and O–H groups in total. The van der Waals surface area contributed by atoms with E-state index in [0.717, 1.165) is 11.3 Å². The van der Waals surface area contributed by atoms with Gasteiger partial charge in [-0.1, -0.05) is 30.3 Å². The van der Waals surface area contributed by atoms with E-state index in [9.17, 15) is 14.3 Å². The number of likely N-dealkylation sites (tertiary alicyclic amines) is 1. The predicted octanol–water partition coefficient (Wildman–Crippen LogP) is 2.75. The van der Waals surface area contributed by atoms with E-state index in [-0.39, 0.29) is 30.6 Å². The van der Waals surface area contributed by atoms with Crippen molar-refractivity contribution in [2.45, 2.75) is 24.9 Å². The molecular weight excluding hydrogens is 321 g/mol. The van der Waals surface area contributed by atoms with Crippen LogP contribution in [-0.2, 0) is 11.2 Å². The minimum Gasteiger partial charge on any atom is -0.497 e. The molecule has 0 bridgehead atoms. The molecule has 25 heavy (non-hydrogen) atoms. The van der Waals surface area contributed by atoms with E-state index in [2.05, 4.69) is 0 Å². The Hall–Kier alpha value is -2.40. The number of rotatable bonds is 4. The third kappa shape index (κ3) is 3.99. The molecule has 4 nitrogen and oxygen atoms in total. The van der Waals surface area contributed by atoms with E-state index in [4.69, 9.17) is 4.74 Å². The Morgan fingerprint density at radius 1 is 1.24 bits per heavy atom. The quantitative estimate of drug-likeness (QED) is 0.929. The van der Waals surface area contributed by atoms with Crippen LogP contribution in [0.4, 0.5) is 4.39 Å². The summed E-state index contributed by atoms with van der Waals surface area (Å²) in [5.74, 6) is 0.237. The van der Waals surface area contributed by atoms with Gasteiger partial charge >= 0.3 is 0 Å². The van der Waals surface area contributed by atoms with E-state index in [1.165, 1.54) is 6.07 Å². The number of nitrogens with zero attached hydrogens (tertiary/aromatic N) is 1. The molecule has 0 radical (unpaired) electrons. The van der Waals surface area contributed by atoms with Gasteiger partial charge in [0.1, 0.15) is 11.6 Å². The predicted molar refractivity (Wildman–Crippen MR) is 93.0 cm³/mol. The summed E-state index contributed by atoms with van der Waals surface area (Å²) in [5, 5.41) is 10.5. The third-order valence-corrected chi connectivity index (χ3v) is 4.78. The smallest absolute Gasteiger partial charge is 0.227 e. The van der Waals surface area contributed by atoms with E-state index in [0.29, 0.717) is 18.5 Å². The highest BCUT2D eigenvalue weighted by molar-refractivity contribution is 5.79. The zero-order valence-electron chi connectivity index (χ0n) is 14.2. The molecule has 1 aliphatic heterocycles. The van der Waals surface area contributed by atoms with Crippen LogP contribution in [0.1, 0.15) is 23.5 Å². The molecule has 0 spiro atoms. The standard InChI is InChI=1S/C20H22FNO3/c1-25-16-8-6-14(7-9-16)17-10-11-22(13-19(17)23)20(24)12-15-4-2-3-5-18(15)21/h2-9,17,19,23H,10-13H2,1H3/t17-,19+/m0/s1. The van der Waals surface area contributed by atoms with Crippen LogP contribution in [0.2, 0.25) is 0 Å². The number of aliphatic hydroxyl groups is 1. The largest absolute Gasteiger partial charge is 0.497 e. The fourth-order valence-electron chi connectivity index (χ4n) is 3.31. The number of aliphatic hydroxyl groups excluding tert-OH is 1. The Morgan fingerprint density at radius 2 is 1.96 bits per heavy atom. The van der Waals surface area contributed by atoms with Crippen LogP contribution >= 0.6 is 0 Å². The summed E-state index contributed by atoms with van der Waals surface area (Å²) < 4.78 is 18.9. The van der Waals surface area contributed by atoms with Crippen LogP contribution in [0, 0.1) is 5.82 Å². The molecule has 2 aromatic rings. The number of halogens is 1. The number of methoxy groups -OCH3 is 1. The molecule has 5 heteroatoms. The number of carbonyl (C=O) groups excluding carboxylic acids is 1. The van der Waals surface area contributed by atoms with Gasteiger partial charge in [0.2, 0.25) is 5.91 Å². The number of hydrogen-bond acceptors (Lipinski definition) is 3. The summed E-state index contributed by atoms with van der Waals surface area (Å²) in [7, 11) is 1.61. The molecule has 3 rings (SSSR count). The second-order valence-corrected chi connectivity index (χ2v) is 6.34. The average molecular weight is 343 g/mol. The summed E-state index contributed by atoms with van der Waals surface area (Å²) in [4.78, 5) is 14.0. The molecule has 1 saturated heterocycles. The normalized spacial score (nSPS) is 20.4. The summed E-state index contributed by atoms with van der Waals surface area (Å²) in [6.07, 6.45) is 0.0649. The fraction of sp³-hybridized carbons (Fsp3) is 0.350. The first-order chi connectivity index (χ1) is 12.1. The van der Waals surface area contributed by atoms with Gasteiger partial charge in [-0.2, -0.15) is 0 Å². The lowest BCUT2D eigenvalue weighted by atomic mass is 9.87. The van der Waals surface area contributed by atoms with Gasteiger partial charge in [-0.25, -0.2) is 4.39 Å². The van der Waals surface area contributed by atoms with Crippen molar-refractivity contribution in [2.24, 2.45) is 0 Å². The van der Waals surface area contributed by atoms with Gasteiger partial charge in [-0.05, 0) is 35.7 Å². The Labute approximate surface area is 146 Å². The van der Waals surface area contributed by atoms with Gasteiger partial charge < -0.3 is 14.7 Å². The van der Waals surface area contributed by atoms with E-state index >= 15 is 0 Å². The van der Waals surface area contributed by atoms with Crippen LogP contribution in [0.15, 0.2) is 48.5 Å². The van der Waals surface area contributed by atoms with E-state index < -0.39 is 6.10 Å². The van der Waals surface area contributed by atoms with Gasteiger partial charge in [-0.3, -0.25) is 4.79 Å². The number of piperidine rings is 1. The monoisotopic (exact) mass is 343 g/mol. The molecule has 0 aromatic heterocycles. The molecule has 132 valence electrons. The number of amides is 1. The summed E-state index contributed by atoms with van der Waals surface area (Å²) in [6.45, 7) is 0.824. The number of benzene rings is 2. The Kier molecular flexibility index (Phi) is 5.34. The van der Waals surface area contributed by atoms with Gasteiger partial charge in [-0.15, -0.1) is 0 Å². The zero-order valence-corrected chi connectivity index (χ0v) is 14.2. The molecule has 0 unspecified atom stereocenters. The average Bonchev–Trinajstić information content (AvgIpc) is 2.63. The summed E-state index contributed by atoms with van der Waals surface area (Å²) in [6, 6.07) is 13.9. The van der Waals surface area contributed by atoms with Gasteiger partial charge in [0, 0.05) is 19.0 Å². The maximum atomic E-state index is 13.7. The van der Waals surface area contributed by atoms with Gasteiger partial charge in [0.15, 0.2) is 0 Å². The first-order valence-electron chi connectivity index (χ1n) is 8.41. The number of hydrogen-bond donors (Lipinski definition) is 1. The van der Waals surface area contributed by atoms with Crippen molar-refractivity contribution in [3.05, 3.63) is 65.5 Å². The van der Waals surface area contributed by atoms with Crippen LogP contribution in [0.25, 0.3) is 0 Å². The van der Waals surface area contributed by atoms with Crippen LogP contribution in [-0.4, -0.2) is 42.2 Å². The molecule has 2 aromatic carbocycles. The number of β-amino-alcohol motifs (C(OH)–C–C–N with tert-alkyl or cyclic N) is 1. The molecular formula is C20H22FNO3. The second-order valence-electron chi connectivity index (χ2n) is 6.34. The first kappa shape index (κ1) is 17.4. The van der Waals surface area contributed by atoms with E-state index in [1.54, 1.807) is 30.2 Å². The lowest BCUT2D eigenvalue weighted by Crippen LogP contribution is -2.46. The van der Waals surface area contributed by atoms with E-state index in [1.807, 2.05) is 24.3 Å². The van der Waals surface area contributed by atoms with Crippen molar-refractivity contribution in [1.82, 2.24) is 4.90 Å². The summed E-state index contributed by atoms with van der Waals surface area (Å²) >= 11 is 0. The van der Waals surface area contributed by atoms with Crippen LogP contribution in [0.3, 0.4) is 0 Å². The highest BCUT2D eigenvalue weighted by Gasteiger charge is 2.31. The first-order valence-corrected chi connectivity index (χ1v) is 8.41. The van der Waals surface area contributed by atoms with Crippen molar-refractivity contribution in [1.29, 1.82) is 0 Å². The maximum Gasteiger partial charge on any atom is 0.227 e. The SMILES string of the molecule is COc1ccc([C@@H]2CCN(C(=O)Cc3ccccc3F)C[C@H]2O)cc1. The highest BCUT2D eigenvalue weighted by atomic mass is 19.1. The number of ether oxygens (including phenoxy) is 1. The third-order valence-electron chi connectivity index (χ3n) is 4.78. The van der Waals surface area contributed by atoms with Crippen LogP contribution in [0.5, 0.6) is 5.75 Å². The molecule has 1 aliphatic rings. The lowest BCUT2D eigenvalue weighted by molar-refractivity contribution is -0.134. The van der Waals surface area contributed by atoms with Crippen molar-refractivity contribution in [3.63, 3.8) is 0 Å². The Balaban J connectivity index is 1.62. The summed E-state index contributed by atoms with van der Waals surface area (Å²) in [5.41, 5.74) is 1.42. The van der Waals surface area contributed by atoms with Crippen molar-refractivity contribution in [2.75, 3.05) is 20.2 Å². The number of carbonyl (C=O) groups is 1. The molecule has 1 amide bonds. The molecule has 0 aliphatic carbocycles. The van der Waals surface area contributed by atoms with Crippen molar-refractivity contribution >= 4 is 5.91 Å². The molecule has 2 atom stereocenters. The van der Waals surface area contributed by atoms with Crippen molar-refractivity contribution in [3.8, 4) is 5.75 Å². The maximum absolute atomic E-state index is 13.7. The topological polar surface area (TPSA) is 49.8 Å². The minimum atomic E-state index is -0.633.